The molecule has 3 aromatic carbocycles. The third-order valence-corrected chi connectivity index (χ3v) is 9.08. The Morgan fingerprint density at radius 3 is 2.62 bits per heavy atom. The van der Waals surface area contributed by atoms with Crippen molar-refractivity contribution in [3.63, 3.8) is 0 Å². The number of rotatable bonds is 8. The zero-order chi connectivity index (χ0) is 29.9. The van der Waals surface area contributed by atoms with E-state index in [1.54, 1.807) is 17.8 Å². The normalized spacial score (nSPS) is 17.6. The number of thioether (sulfide) groups is 1. The minimum absolute atomic E-state index is 0.0658. The summed E-state index contributed by atoms with van der Waals surface area (Å²) in [6.45, 7) is 7.72. The number of hydrogen-bond donors (Lipinski definition) is 0. The van der Waals surface area contributed by atoms with Crippen LogP contribution in [0.1, 0.15) is 56.7 Å². The van der Waals surface area contributed by atoms with Crippen LogP contribution < -0.4 is 9.47 Å². The smallest absolute Gasteiger partial charge is 0.316 e. The molecule has 3 aromatic rings. The lowest BCUT2D eigenvalue weighted by Gasteiger charge is -2.20. The van der Waals surface area contributed by atoms with Crippen LogP contribution in [0.15, 0.2) is 65.6 Å². The molecule has 42 heavy (non-hydrogen) atoms. The molecule has 0 aromatic heterocycles. The molecule has 0 bridgehead atoms. The van der Waals surface area contributed by atoms with Gasteiger partial charge in [-0.1, -0.05) is 41.4 Å². The van der Waals surface area contributed by atoms with Gasteiger partial charge in [0.05, 0.1) is 12.1 Å². The van der Waals surface area contributed by atoms with Crippen molar-refractivity contribution in [3.05, 3.63) is 87.4 Å². The number of esters is 1. The standard InChI is InChI=1S/C34H36Cl2FNO3S/c1-34(2,3)33(39)41-25-9-11-29-31(20-25)42-17-13-28(27-10-8-23(35)19-30(27)36)32(29)22-6-4-7-24(18-22)40-26-12-16-38(21-26)15-5-14-37/h4,6-11,18-20,26H,5,12-17,21H2,1-3H3/t26-/m1/s1. The van der Waals surface area contributed by atoms with Gasteiger partial charge in [-0.05, 0) is 110 Å². The van der Waals surface area contributed by atoms with Crippen molar-refractivity contribution in [3.8, 4) is 11.5 Å². The first-order valence-electron chi connectivity index (χ1n) is 14.4. The Hall–Kier alpha value is -2.51. The topological polar surface area (TPSA) is 38.8 Å². The van der Waals surface area contributed by atoms with Crippen molar-refractivity contribution in [1.29, 1.82) is 0 Å². The molecule has 1 fully saturated rings. The van der Waals surface area contributed by atoms with Gasteiger partial charge in [-0.25, -0.2) is 0 Å². The molecule has 1 saturated heterocycles. The Bertz CT molecular complexity index is 1490. The van der Waals surface area contributed by atoms with Gasteiger partial charge in [-0.15, -0.1) is 11.8 Å². The van der Waals surface area contributed by atoms with Gasteiger partial charge in [-0.3, -0.25) is 14.1 Å². The van der Waals surface area contributed by atoms with Gasteiger partial charge < -0.3 is 9.47 Å². The summed E-state index contributed by atoms with van der Waals surface area (Å²) >= 11 is 14.8. The lowest BCUT2D eigenvalue weighted by molar-refractivity contribution is -0.143. The first-order valence-corrected chi connectivity index (χ1v) is 16.1. The molecule has 0 N–H and O–H groups in total. The number of allylic oxidation sites excluding steroid dienone is 1. The molecular weight excluding hydrogens is 592 g/mol. The molecule has 0 unspecified atom stereocenters. The Morgan fingerprint density at radius 2 is 1.86 bits per heavy atom. The number of fused-ring (bicyclic) bond motifs is 1. The Labute approximate surface area is 262 Å². The quantitative estimate of drug-likeness (QED) is 0.184. The number of ether oxygens (including phenoxy) is 2. The molecule has 1 atom stereocenters. The number of benzene rings is 3. The number of carbonyl (C=O) groups is 1. The van der Waals surface area contributed by atoms with Crippen LogP contribution in [-0.4, -0.2) is 49.0 Å². The van der Waals surface area contributed by atoms with Crippen LogP contribution in [0.4, 0.5) is 4.39 Å². The van der Waals surface area contributed by atoms with Gasteiger partial charge >= 0.3 is 5.97 Å². The highest BCUT2D eigenvalue weighted by Gasteiger charge is 2.27. The SMILES string of the molecule is CC(C)(C)C(=O)Oc1ccc2c(c1)SCCC(c1ccc(Cl)cc1Cl)=C2c1cccc(O[C@@H]2CCN(CCCF)C2)c1. The van der Waals surface area contributed by atoms with Crippen LogP contribution in [0.3, 0.4) is 0 Å². The van der Waals surface area contributed by atoms with Crippen LogP contribution in [0.5, 0.6) is 11.5 Å². The fourth-order valence-corrected chi connectivity index (χ4v) is 6.91. The van der Waals surface area contributed by atoms with E-state index in [1.165, 1.54) is 0 Å². The van der Waals surface area contributed by atoms with Crippen LogP contribution in [-0.2, 0) is 4.79 Å². The molecule has 0 radical (unpaired) electrons. The second-order valence-electron chi connectivity index (χ2n) is 11.8. The van der Waals surface area contributed by atoms with Crippen molar-refractivity contribution < 1.29 is 18.7 Å². The lowest BCUT2D eigenvalue weighted by Crippen LogP contribution is -2.26. The summed E-state index contributed by atoms with van der Waals surface area (Å²) < 4.78 is 24.9. The van der Waals surface area contributed by atoms with Gasteiger partial charge in [0.1, 0.15) is 17.6 Å². The summed E-state index contributed by atoms with van der Waals surface area (Å²) in [7, 11) is 0. The molecule has 5 rings (SSSR count). The maximum absolute atomic E-state index is 12.7. The van der Waals surface area contributed by atoms with E-state index in [2.05, 4.69) is 17.0 Å². The molecule has 0 aliphatic carbocycles. The number of likely N-dealkylation sites (tertiary alicyclic amines) is 1. The molecule has 2 aliphatic heterocycles. The van der Waals surface area contributed by atoms with E-state index in [1.807, 2.05) is 63.2 Å². The fourth-order valence-electron chi connectivity index (χ4n) is 5.33. The maximum Gasteiger partial charge on any atom is 0.316 e. The van der Waals surface area contributed by atoms with Crippen LogP contribution in [0.2, 0.25) is 10.0 Å². The van der Waals surface area contributed by atoms with Gasteiger partial charge in [0, 0.05) is 40.3 Å². The molecule has 8 heteroatoms. The molecule has 2 heterocycles. The number of carbonyl (C=O) groups excluding carboxylic acids is 1. The van der Waals surface area contributed by atoms with E-state index in [0.717, 1.165) is 76.7 Å². The molecular formula is C34H36Cl2FNO3S. The highest BCUT2D eigenvalue weighted by molar-refractivity contribution is 7.99. The average molecular weight is 629 g/mol. The van der Waals surface area contributed by atoms with Gasteiger partial charge in [0.15, 0.2) is 0 Å². The Balaban J connectivity index is 1.55. The van der Waals surface area contributed by atoms with Crippen molar-refractivity contribution in [1.82, 2.24) is 4.90 Å². The van der Waals surface area contributed by atoms with E-state index in [4.69, 9.17) is 32.7 Å². The average Bonchev–Trinajstić information content (AvgIpc) is 3.30. The number of halogens is 3. The molecule has 0 amide bonds. The first kappa shape index (κ1) is 30.9. The summed E-state index contributed by atoms with van der Waals surface area (Å²) in [5.74, 6) is 1.89. The van der Waals surface area contributed by atoms with Gasteiger partial charge in [-0.2, -0.15) is 0 Å². The van der Waals surface area contributed by atoms with Gasteiger partial charge in [0.25, 0.3) is 0 Å². The van der Waals surface area contributed by atoms with E-state index >= 15 is 0 Å². The molecule has 4 nitrogen and oxygen atoms in total. The molecule has 2 aliphatic rings. The van der Waals surface area contributed by atoms with E-state index in [9.17, 15) is 9.18 Å². The lowest BCUT2D eigenvalue weighted by atomic mass is 9.88. The predicted octanol–water partition coefficient (Wildman–Crippen LogP) is 9.21. The Morgan fingerprint density at radius 1 is 1.05 bits per heavy atom. The van der Waals surface area contributed by atoms with Crippen molar-refractivity contribution >= 4 is 52.1 Å². The maximum atomic E-state index is 12.7. The van der Waals surface area contributed by atoms with Crippen molar-refractivity contribution in [2.24, 2.45) is 5.41 Å². The van der Waals surface area contributed by atoms with Crippen LogP contribution in [0.25, 0.3) is 11.1 Å². The zero-order valence-corrected chi connectivity index (χ0v) is 26.6. The second kappa shape index (κ2) is 13.4. The molecule has 0 saturated carbocycles. The monoisotopic (exact) mass is 627 g/mol. The van der Waals surface area contributed by atoms with Crippen molar-refractivity contribution in [2.75, 3.05) is 32.1 Å². The number of nitrogens with zero attached hydrogens (tertiary/aromatic N) is 1. The summed E-state index contributed by atoms with van der Waals surface area (Å²) in [6, 6.07) is 19.7. The third-order valence-electron chi connectivity index (χ3n) is 7.48. The van der Waals surface area contributed by atoms with E-state index < -0.39 is 5.41 Å². The first-order chi connectivity index (χ1) is 20.1. The molecule has 0 spiro atoms. The van der Waals surface area contributed by atoms with Crippen LogP contribution >= 0.6 is 35.0 Å². The number of alkyl halides is 1. The largest absolute Gasteiger partial charge is 0.489 e. The summed E-state index contributed by atoms with van der Waals surface area (Å²) in [5, 5.41) is 1.19. The fraction of sp³-hybridized carbons (Fsp3) is 0.382. The predicted molar refractivity (Wildman–Crippen MR) is 172 cm³/mol. The number of hydrogen-bond acceptors (Lipinski definition) is 5. The highest BCUT2D eigenvalue weighted by Crippen LogP contribution is 2.46. The van der Waals surface area contributed by atoms with Gasteiger partial charge in [0.2, 0.25) is 0 Å². The zero-order valence-electron chi connectivity index (χ0n) is 24.2. The summed E-state index contributed by atoms with van der Waals surface area (Å²) in [5.41, 5.74) is 4.59. The third kappa shape index (κ3) is 7.34. The van der Waals surface area contributed by atoms with E-state index in [0.29, 0.717) is 22.2 Å². The summed E-state index contributed by atoms with van der Waals surface area (Å²) in [4.78, 5) is 15.9. The molecule has 222 valence electrons. The summed E-state index contributed by atoms with van der Waals surface area (Å²) in [6.07, 6.45) is 2.32. The highest BCUT2D eigenvalue weighted by atomic mass is 35.5. The minimum Gasteiger partial charge on any atom is -0.489 e. The van der Waals surface area contributed by atoms with Crippen molar-refractivity contribution in [2.45, 2.75) is 51.0 Å². The van der Waals surface area contributed by atoms with Crippen LogP contribution in [0, 0.1) is 5.41 Å². The Kier molecular flexibility index (Phi) is 9.88. The minimum atomic E-state index is -0.604. The van der Waals surface area contributed by atoms with E-state index in [-0.39, 0.29) is 18.7 Å². The second-order valence-corrected chi connectivity index (χ2v) is 13.8.